The summed E-state index contributed by atoms with van der Waals surface area (Å²) in [5.41, 5.74) is 5.30. The number of oxime groups is 1. The van der Waals surface area contributed by atoms with Crippen molar-refractivity contribution in [2.75, 3.05) is 6.54 Å². The molecule has 0 radical (unpaired) electrons. The summed E-state index contributed by atoms with van der Waals surface area (Å²) < 4.78 is 0. The highest BCUT2D eigenvalue weighted by Gasteiger charge is 2.22. The van der Waals surface area contributed by atoms with Gasteiger partial charge in [0.2, 0.25) is 0 Å². The number of nitrogens with one attached hydrogen (secondary N) is 1. The second-order valence-electron chi connectivity index (χ2n) is 4.23. The summed E-state index contributed by atoms with van der Waals surface area (Å²) in [7, 11) is 0. The third-order valence-corrected chi connectivity index (χ3v) is 2.10. The fraction of sp³-hybridized carbons (Fsp3) is 0.889. The van der Waals surface area contributed by atoms with E-state index >= 15 is 0 Å². The van der Waals surface area contributed by atoms with E-state index in [1.165, 1.54) is 0 Å². The number of hydrogen-bond acceptors (Lipinski definition) is 3. The van der Waals surface area contributed by atoms with Crippen molar-refractivity contribution in [3.63, 3.8) is 0 Å². The molecule has 0 fully saturated rings. The Bertz CT molecular complexity index is 176. The van der Waals surface area contributed by atoms with Crippen molar-refractivity contribution in [3.05, 3.63) is 0 Å². The monoisotopic (exact) mass is 187 g/mol. The summed E-state index contributed by atoms with van der Waals surface area (Å²) in [5, 5.41) is 14.8. The molecule has 0 heterocycles. The number of rotatable bonds is 5. The Morgan fingerprint density at radius 3 is 2.46 bits per heavy atom. The van der Waals surface area contributed by atoms with Crippen LogP contribution in [-0.2, 0) is 0 Å². The summed E-state index contributed by atoms with van der Waals surface area (Å²) in [5.74, 6) is 0.290. The predicted molar refractivity (Wildman–Crippen MR) is 54.9 cm³/mol. The van der Waals surface area contributed by atoms with Crippen molar-refractivity contribution in [3.8, 4) is 0 Å². The number of nitrogens with zero attached hydrogens (tertiary/aromatic N) is 1. The molecule has 0 aliphatic carbocycles. The Kier molecular flexibility index (Phi) is 4.77. The minimum atomic E-state index is -0.239. The third kappa shape index (κ3) is 4.72. The maximum Gasteiger partial charge on any atom is 0.144 e. The van der Waals surface area contributed by atoms with Crippen LogP contribution in [0.3, 0.4) is 0 Å². The normalized spacial score (nSPS) is 13.8. The van der Waals surface area contributed by atoms with E-state index in [9.17, 15) is 0 Å². The molecule has 4 heteroatoms. The van der Waals surface area contributed by atoms with Crippen molar-refractivity contribution >= 4 is 5.84 Å². The van der Waals surface area contributed by atoms with E-state index in [1.54, 1.807) is 0 Å². The fourth-order valence-electron chi connectivity index (χ4n) is 0.937. The van der Waals surface area contributed by atoms with E-state index in [1.807, 2.05) is 13.8 Å². The first kappa shape index (κ1) is 12.2. The van der Waals surface area contributed by atoms with Gasteiger partial charge in [0.25, 0.3) is 0 Å². The number of hydrogen-bond donors (Lipinski definition) is 3. The first-order valence-corrected chi connectivity index (χ1v) is 4.61. The lowest BCUT2D eigenvalue weighted by atomic mass is 9.88. The summed E-state index contributed by atoms with van der Waals surface area (Å²) >= 11 is 0. The zero-order valence-electron chi connectivity index (χ0n) is 8.96. The molecule has 0 aliphatic rings. The molecule has 4 nitrogen and oxygen atoms in total. The molecule has 0 aliphatic heterocycles. The van der Waals surface area contributed by atoms with Crippen molar-refractivity contribution in [2.24, 2.45) is 16.3 Å². The molecule has 0 unspecified atom stereocenters. The Hall–Kier alpha value is -0.770. The van der Waals surface area contributed by atoms with Gasteiger partial charge in [-0.15, -0.1) is 0 Å². The van der Waals surface area contributed by atoms with Gasteiger partial charge < -0.3 is 16.3 Å². The highest BCUT2D eigenvalue weighted by atomic mass is 16.4. The number of amidine groups is 1. The molecule has 4 N–H and O–H groups in total. The molecule has 0 atom stereocenters. The molecule has 0 aromatic heterocycles. The Balaban J connectivity index is 3.90. The first-order chi connectivity index (χ1) is 5.90. The largest absolute Gasteiger partial charge is 0.409 e. The van der Waals surface area contributed by atoms with Crippen LogP contribution in [0.25, 0.3) is 0 Å². The SMILES string of the molecule is CC(C)NCCC(C)(C)C(N)=NO. The summed E-state index contributed by atoms with van der Waals surface area (Å²) in [6.45, 7) is 8.99. The lowest BCUT2D eigenvalue weighted by molar-refractivity contribution is 0.304. The lowest BCUT2D eigenvalue weighted by Gasteiger charge is -2.23. The van der Waals surface area contributed by atoms with Gasteiger partial charge >= 0.3 is 0 Å². The van der Waals surface area contributed by atoms with E-state index in [4.69, 9.17) is 10.9 Å². The molecular formula is C9H21N3O. The van der Waals surface area contributed by atoms with Crippen LogP contribution < -0.4 is 11.1 Å². The fourth-order valence-corrected chi connectivity index (χ4v) is 0.937. The van der Waals surface area contributed by atoms with Crippen LogP contribution in [0, 0.1) is 5.41 Å². The van der Waals surface area contributed by atoms with Gasteiger partial charge in [0.15, 0.2) is 0 Å². The van der Waals surface area contributed by atoms with Crippen LogP contribution in [0.1, 0.15) is 34.1 Å². The highest BCUT2D eigenvalue weighted by Crippen LogP contribution is 2.19. The molecule has 0 amide bonds. The van der Waals surface area contributed by atoms with Crippen LogP contribution in [0.5, 0.6) is 0 Å². The lowest BCUT2D eigenvalue weighted by Crippen LogP contribution is -2.36. The van der Waals surface area contributed by atoms with Gasteiger partial charge in [-0.3, -0.25) is 0 Å². The molecule has 0 saturated heterocycles. The Labute approximate surface area is 80.2 Å². The summed E-state index contributed by atoms with van der Waals surface area (Å²) in [6, 6.07) is 0.475. The van der Waals surface area contributed by atoms with Crippen molar-refractivity contribution in [1.29, 1.82) is 0 Å². The second-order valence-corrected chi connectivity index (χ2v) is 4.23. The third-order valence-electron chi connectivity index (χ3n) is 2.10. The molecule has 0 rings (SSSR count). The minimum Gasteiger partial charge on any atom is -0.409 e. The smallest absolute Gasteiger partial charge is 0.144 e. The maximum absolute atomic E-state index is 8.52. The van der Waals surface area contributed by atoms with Crippen LogP contribution in [0.15, 0.2) is 5.16 Å². The van der Waals surface area contributed by atoms with Gasteiger partial charge in [-0.1, -0.05) is 32.9 Å². The zero-order valence-corrected chi connectivity index (χ0v) is 8.96. The van der Waals surface area contributed by atoms with Gasteiger partial charge in [0.1, 0.15) is 5.84 Å². The standard InChI is InChI=1S/C9H21N3O/c1-7(2)11-6-5-9(3,4)8(10)12-13/h7,11,13H,5-6H2,1-4H3,(H2,10,12). The van der Waals surface area contributed by atoms with Crippen molar-refractivity contribution in [1.82, 2.24) is 5.32 Å². The van der Waals surface area contributed by atoms with E-state index < -0.39 is 0 Å². The summed E-state index contributed by atoms with van der Waals surface area (Å²) in [4.78, 5) is 0. The Morgan fingerprint density at radius 1 is 1.54 bits per heavy atom. The van der Waals surface area contributed by atoms with Crippen LogP contribution in [-0.4, -0.2) is 23.6 Å². The van der Waals surface area contributed by atoms with Gasteiger partial charge in [0, 0.05) is 11.5 Å². The average Bonchev–Trinajstić information content (AvgIpc) is 2.01. The van der Waals surface area contributed by atoms with Gasteiger partial charge in [-0.2, -0.15) is 0 Å². The second kappa shape index (κ2) is 5.07. The Morgan fingerprint density at radius 2 is 2.08 bits per heavy atom. The molecule has 0 spiro atoms. The van der Waals surface area contributed by atoms with Crippen LogP contribution in [0.2, 0.25) is 0 Å². The van der Waals surface area contributed by atoms with E-state index in [0.717, 1.165) is 13.0 Å². The molecule has 78 valence electrons. The van der Waals surface area contributed by atoms with Crippen molar-refractivity contribution in [2.45, 2.75) is 40.2 Å². The van der Waals surface area contributed by atoms with E-state index in [-0.39, 0.29) is 11.3 Å². The quantitative estimate of drug-likeness (QED) is 0.262. The van der Waals surface area contributed by atoms with Crippen LogP contribution >= 0.6 is 0 Å². The van der Waals surface area contributed by atoms with Gasteiger partial charge in [-0.05, 0) is 13.0 Å². The topological polar surface area (TPSA) is 70.6 Å². The highest BCUT2D eigenvalue weighted by molar-refractivity contribution is 5.85. The number of nitrogens with two attached hydrogens (primary N) is 1. The van der Waals surface area contributed by atoms with Crippen molar-refractivity contribution < 1.29 is 5.21 Å². The maximum atomic E-state index is 8.52. The van der Waals surface area contributed by atoms with Crippen LogP contribution in [0.4, 0.5) is 0 Å². The summed E-state index contributed by atoms with van der Waals surface area (Å²) in [6.07, 6.45) is 0.862. The molecule has 0 aromatic rings. The van der Waals surface area contributed by atoms with E-state index in [0.29, 0.717) is 6.04 Å². The van der Waals surface area contributed by atoms with Gasteiger partial charge in [0.05, 0.1) is 0 Å². The molecular weight excluding hydrogens is 166 g/mol. The zero-order chi connectivity index (χ0) is 10.5. The molecule has 0 saturated carbocycles. The average molecular weight is 187 g/mol. The molecule has 13 heavy (non-hydrogen) atoms. The molecule has 0 bridgehead atoms. The van der Waals surface area contributed by atoms with E-state index in [2.05, 4.69) is 24.3 Å². The predicted octanol–water partition coefficient (Wildman–Crippen LogP) is 1.15. The first-order valence-electron chi connectivity index (χ1n) is 4.61. The molecule has 0 aromatic carbocycles. The minimum absolute atomic E-state index is 0.239. The van der Waals surface area contributed by atoms with Gasteiger partial charge in [-0.25, -0.2) is 0 Å².